The Morgan fingerprint density at radius 1 is 1.53 bits per heavy atom. The summed E-state index contributed by atoms with van der Waals surface area (Å²) >= 11 is 4.36. The van der Waals surface area contributed by atoms with E-state index in [1.54, 1.807) is 12.1 Å². The smallest absolute Gasteiger partial charge is 0.349 e. The van der Waals surface area contributed by atoms with E-state index >= 15 is 0 Å². The molecule has 2 rings (SSSR count). The number of thiophene rings is 1. The lowest BCUT2D eigenvalue weighted by Crippen LogP contribution is -1.98. The second-order valence-electron chi connectivity index (χ2n) is 2.85. The first kappa shape index (κ1) is 10.6. The van der Waals surface area contributed by atoms with Gasteiger partial charge in [-0.15, -0.1) is 11.3 Å². The van der Waals surface area contributed by atoms with Crippen LogP contribution in [0.25, 0.3) is 10.1 Å². The van der Waals surface area contributed by atoms with Gasteiger partial charge in [-0.25, -0.2) is 9.18 Å². The number of rotatable bonds is 1. The minimum atomic E-state index is -0.456. The van der Waals surface area contributed by atoms with Crippen LogP contribution in [-0.2, 0) is 4.74 Å². The first-order valence-electron chi connectivity index (χ1n) is 4.10. The van der Waals surface area contributed by atoms with Crippen molar-refractivity contribution in [2.45, 2.75) is 0 Å². The summed E-state index contributed by atoms with van der Waals surface area (Å²) in [7, 11) is 1.30. The van der Waals surface area contributed by atoms with Crippen molar-refractivity contribution in [1.82, 2.24) is 0 Å². The van der Waals surface area contributed by atoms with Gasteiger partial charge in [0.2, 0.25) is 0 Å². The number of esters is 1. The van der Waals surface area contributed by atoms with E-state index in [1.165, 1.54) is 13.2 Å². The van der Waals surface area contributed by atoms with Crippen molar-refractivity contribution in [3.05, 3.63) is 33.4 Å². The molecule has 78 valence electrons. The molecule has 0 saturated heterocycles. The molecular formula is C10H6BrFO2S. The average molecular weight is 289 g/mol. The second-order valence-corrected chi connectivity index (χ2v) is 4.67. The third kappa shape index (κ3) is 1.66. The van der Waals surface area contributed by atoms with E-state index in [2.05, 4.69) is 20.7 Å². The Morgan fingerprint density at radius 3 is 2.87 bits per heavy atom. The van der Waals surface area contributed by atoms with E-state index in [0.717, 1.165) is 11.3 Å². The predicted octanol–water partition coefficient (Wildman–Crippen LogP) is 3.59. The Kier molecular flexibility index (Phi) is 2.75. The summed E-state index contributed by atoms with van der Waals surface area (Å²) in [6.45, 7) is 0. The summed E-state index contributed by atoms with van der Waals surface area (Å²) in [5.41, 5.74) is 0. The molecule has 0 unspecified atom stereocenters. The average Bonchev–Trinajstić information content (AvgIpc) is 2.57. The first-order chi connectivity index (χ1) is 7.15. The van der Waals surface area contributed by atoms with E-state index in [0.29, 0.717) is 19.4 Å². The fourth-order valence-corrected chi connectivity index (χ4v) is 3.16. The van der Waals surface area contributed by atoms with E-state index in [4.69, 9.17) is 0 Å². The van der Waals surface area contributed by atoms with Crippen molar-refractivity contribution >= 4 is 43.3 Å². The normalized spacial score (nSPS) is 10.6. The SMILES string of the molecule is COC(=O)c1sc2c(F)cccc2c1Br. The lowest BCUT2D eigenvalue weighted by atomic mass is 10.2. The van der Waals surface area contributed by atoms with Crippen LogP contribution >= 0.6 is 27.3 Å². The molecule has 0 saturated carbocycles. The number of methoxy groups -OCH3 is 1. The molecule has 0 spiro atoms. The molecule has 0 aliphatic carbocycles. The predicted molar refractivity (Wildman–Crippen MR) is 60.8 cm³/mol. The number of benzene rings is 1. The molecule has 1 aromatic heterocycles. The number of hydrogen-bond acceptors (Lipinski definition) is 3. The van der Waals surface area contributed by atoms with Crippen LogP contribution in [0.3, 0.4) is 0 Å². The highest BCUT2D eigenvalue weighted by atomic mass is 79.9. The summed E-state index contributed by atoms with van der Waals surface area (Å²) in [5, 5.41) is 0.695. The Labute approximate surface area is 97.8 Å². The molecule has 5 heteroatoms. The zero-order chi connectivity index (χ0) is 11.0. The largest absolute Gasteiger partial charge is 0.465 e. The molecule has 0 N–H and O–H groups in total. The molecular weight excluding hydrogens is 283 g/mol. The monoisotopic (exact) mass is 288 g/mol. The number of halogens is 2. The molecule has 0 aliphatic rings. The quantitative estimate of drug-likeness (QED) is 0.750. The van der Waals surface area contributed by atoms with Crippen LogP contribution in [0.4, 0.5) is 4.39 Å². The van der Waals surface area contributed by atoms with Gasteiger partial charge in [0, 0.05) is 5.39 Å². The topological polar surface area (TPSA) is 26.3 Å². The van der Waals surface area contributed by atoms with Gasteiger partial charge in [-0.1, -0.05) is 12.1 Å². The number of ether oxygens (including phenoxy) is 1. The van der Waals surface area contributed by atoms with Crippen LogP contribution in [-0.4, -0.2) is 13.1 Å². The summed E-state index contributed by atoms with van der Waals surface area (Å²) < 4.78 is 19.0. The van der Waals surface area contributed by atoms with Gasteiger partial charge in [-0.3, -0.25) is 0 Å². The van der Waals surface area contributed by atoms with Crippen LogP contribution in [0.1, 0.15) is 9.67 Å². The molecule has 2 nitrogen and oxygen atoms in total. The number of carbonyl (C=O) groups is 1. The Balaban J connectivity index is 2.75. The Morgan fingerprint density at radius 2 is 2.27 bits per heavy atom. The lowest BCUT2D eigenvalue weighted by molar-refractivity contribution is 0.0605. The van der Waals surface area contributed by atoms with Gasteiger partial charge < -0.3 is 4.74 Å². The summed E-state index contributed by atoms with van der Waals surface area (Å²) in [4.78, 5) is 11.7. The number of fused-ring (bicyclic) bond motifs is 1. The zero-order valence-corrected chi connectivity index (χ0v) is 10.1. The molecule has 0 atom stereocenters. The standard InChI is InChI=1S/C10H6BrFO2S/c1-14-10(13)9-7(11)5-3-2-4-6(12)8(5)15-9/h2-4H,1H3. The van der Waals surface area contributed by atoms with Crippen molar-refractivity contribution in [2.75, 3.05) is 7.11 Å². The molecule has 1 aromatic carbocycles. The molecule has 0 amide bonds. The highest BCUT2D eigenvalue weighted by Gasteiger charge is 2.18. The van der Waals surface area contributed by atoms with Crippen LogP contribution < -0.4 is 0 Å². The minimum absolute atomic E-state index is 0.326. The van der Waals surface area contributed by atoms with Gasteiger partial charge in [0.25, 0.3) is 0 Å². The molecule has 2 aromatic rings. The Hall–Kier alpha value is -0.940. The third-order valence-corrected chi connectivity index (χ3v) is 4.26. The van der Waals surface area contributed by atoms with E-state index in [1.807, 2.05) is 0 Å². The molecule has 1 heterocycles. The van der Waals surface area contributed by atoms with Crippen LogP contribution in [0.5, 0.6) is 0 Å². The molecule has 0 radical (unpaired) electrons. The van der Waals surface area contributed by atoms with Gasteiger partial charge in [0.05, 0.1) is 16.3 Å². The van der Waals surface area contributed by atoms with Gasteiger partial charge in [-0.05, 0) is 22.0 Å². The molecule has 15 heavy (non-hydrogen) atoms. The van der Waals surface area contributed by atoms with Gasteiger partial charge in [0.1, 0.15) is 10.7 Å². The summed E-state index contributed by atoms with van der Waals surface area (Å²) in [6, 6.07) is 4.73. The Bertz CT molecular complexity index is 535. The zero-order valence-electron chi connectivity index (χ0n) is 7.71. The summed E-state index contributed by atoms with van der Waals surface area (Å²) in [5.74, 6) is -0.782. The number of carbonyl (C=O) groups excluding carboxylic acids is 1. The van der Waals surface area contributed by atoms with Crippen LogP contribution in [0, 0.1) is 5.82 Å². The molecule has 0 fully saturated rings. The van der Waals surface area contributed by atoms with Crippen molar-refractivity contribution < 1.29 is 13.9 Å². The maximum Gasteiger partial charge on any atom is 0.349 e. The minimum Gasteiger partial charge on any atom is -0.465 e. The van der Waals surface area contributed by atoms with Gasteiger partial charge >= 0.3 is 5.97 Å². The fourth-order valence-electron chi connectivity index (χ4n) is 1.28. The number of hydrogen-bond donors (Lipinski definition) is 0. The fraction of sp³-hybridized carbons (Fsp3) is 0.100. The van der Waals surface area contributed by atoms with Crippen molar-refractivity contribution in [3.8, 4) is 0 Å². The third-order valence-electron chi connectivity index (χ3n) is 1.98. The first-order valence-corrected chi connectivity index (χ1v) is 5.71. The molecule has 0 aliphatic heterocycles. The maximum atomic E-state index is 13.4. The van der Waals surface area contributed by atoms with Gasteiger partial charge in [-0.2, -0.15) is 0 Å². The second kappa shape index (κ2) is 3.90. The van der Waals surface area contributed by atoms with E-state index in [-0.39, 0.29) is 5.82 Å². The lowest BCUT2D eigenvalue weighted by Gasteiger charge is -1.94. The van der Waals surface area contributed by atoms with Crippen LogP contribution in [0.15, 0.2) is 22.7 Å². The van der Waals surface area contributed by atoms with E-state index in [9.17, 15) is 9.18 Å². The summed E-state index contributed by atoms with van der Waals surface area (Å²) in [6.07, 6.45) is 0. The van der Waals surface area contributed by atoms with Crippen LogP contribution in [0.2, 0.25) is 0 Å². The van der Waals surface area contributed by atoms with Crippen molar-refractivity contribution in [3.63, 3.8) is 0 Å². The van der Waals surface area contributed by atoms with Crippen molar-refractivity contribution in [2.24, 2.45) is 0 Å². The van der Waals surface area contributed by atoms with E-state index < -0.39 is 5.97 Å². The molecule has 0 bridgehead atoms. The highest BCUT2D eigenvalue weighted by Crippen LogP contribution is 2.37. The van der Waals surface area contributed by atoms with Gasteiger partial charge in [0.15, 0.2) is 0 Å². The van der Waals surface area contributed by atoms with Crippen molar-refractivity contribution in [1.29, 1.82) is 0 Å². The highest BCUT2D eigenvalue weighted by molar-refractivity contribution is 9.10. The maximum absolute atomic E-state index is 13.4.